The molecule has 5 nitrogen and oxygen atoms in total. The Bertz CT molecular complexity index is 384. The minimum absolute atomic E-state index is 0.0871. The van der Waals surface area contributed by atoms with Crippen LogP contribution in [0.3, 0.4) is 0 Å². The minimum Gasteiger partial charge on any atom is -0.481 e. The van der Waals surface area contributed by atoms with Gasteiger partial charge in [0.2, 0.25) is 0 Å². The predicted octanol–water partition coefficient (Wildman–Crippen LogP) is 1.86. The number of aryl methyl sites for hydroxylation is 2. The summed E-state index contributed by atoms with van der Waals surface area (Å²) >= 11 is 0. The maximum absolute atomic E-state index is 11.0. The van der Waals surface area contributed by atoms with Gasteiger partial charge >= 0.3 is 5.97 Å². The zero-order valence-corrected chi connectivity index (χ0v) is 10.7. The van der Waals surface area contributed by atoms with Gasteiger partial charge < -0.3 is 10.4 Å². The molecule has 1 aromatic rings. The summed E-state index contributed by atoms with van der Waals surface area (Å²) in [5.74, 6) is 0.260. The van der Waals surface area contributed by atoms with Crippen LogP contribution in [0.15, 0.2) is 6.07 Å². The van der Waals surface area contributed by atoms with Gasteiger partial charge in [0.1, 0.15) is 11.6 Å². The number of nitrogens with one attached hydrogen (secondary N) is 1. The van der Waals surface area contributed by atoms with Gasteiger partial charge in [0, 0.05) is 18.3 Å². The van der Waals surface area contributed by atoms with Crippen LogP contribution < -0.4 is 5.32 Å². The van der Waals surface area contributed by atoms with Crippen LogP contribution in [0.1, 0.15) is 25.4 Å². The molecule has 0 aromatic carbocycles. The molecule has 0 bridgehead atoms. The zero-order chi connectivity index (χ0) is 13.0. The van der Waals surface area contributed by atoms with Crippen LogP contribution >= 0.6 is 0 Å². The highest BCUT2D eigenvalue weighted by atomic mass is 16.4. The van der Waals surface area contributed by atoms with E-state index in [1.165, 1.54) is 0 Å². The van der Waals surface area contributed by atoms with Crippen LogP contribution in [0, 0.1) is 25.7 Å². The summed E-state index contributed by atoms with van der Waals surface area (Å²) in [5.41, 5.74) is 0.872. The zero-order valence-electron chi connectivity index (χ0n) is 10.7. The van der Waals surface area contributed by atoms with Crippen LogP contribution in [-0.4, -0.2) is 27.6 Å². The molecule has 94 valence electrons. The molecule has 0 aliphatic rings. The van der Waals surface area contributed by atoms with Crippen LogP contribution in [0.5, 0.6) is 0 Å². The molecule has 2 N–H and O–H groups in total. The number of carboxylic acid groups (broad SMARTS) is 1. The van der Waals surface area contributed by atoms with Crippen molar-refractivity contribution >= 4 is 11.8 Å². The Morgan fingerprint density at radius 2 is 2.06 bits per heavy atom. The molecular formula is C12H19N3O2. The number of carbonyl (C=O) groups is 1. The Hall–Kier alpha value is -1.65. The van der Waals surface area contributed by atoms with Gasteiger partial charge in [0.05, 0.1) is 5.92 Å². The molecule has 0 amide bonds. The van der Waals surface area contributed by atoms with Crippen LogP contribution in [0.2, 0.25) is 0 Å². The van der Waals surface area contributed by atoms with Crippen LogP contribution in [-0.2, 0) is 4.79 Å². The first-order valence-corrected chi connectivity index (χ1v) is 5.69. The number of hydrogen-bond donors (Lipinski definition) is 2. The average molecular weight is 237 g/mol. The number of anilines is 1. The molecule has 5 heteroatoms. The lowest BCUT2D eigenvalue weighted by Gasteiger charge is -2.17. The molecule has 0 saturated heterocycles. The fraction of sp³-hybridized carbons (Fsp3) is 0.583. The molecule has 0 radical (unpaired) electrons. The number of nitrogens with zero attached hydrogens (tertiary/aromatic N) is 2. The van der Waals surface area contributed by atoms with E-state index in [2.05, 4.69) is 15.3 Å². The molecule has 1 rings (SSSR count). The first-order chi connectivity index (χ1) is 7.90. The summed E-state index contributed by atoms with van der Waals surface area (Å²) in [4.78, 5) is 19.4. The van der Waals surface area contributed by atoms with E-state index in [4.69, 9.17) is 5.11 Å². The molecular weight excluding hydrogens is 218 g/mol. The van der Waals surface area contributed by atoms with E-state index in [0.29, 0.717) is 18.2 Å². The third kappa shape index (κ3) is 4.01. The van der Waals surface area contributed by atoms with Gasteiger partial charge in [-0.05, 0) is 19.8 Å². The van der Waals surface area contributed by atoms with Crippen molar-refractivity contribution in [2.75, 3.05) is 11.9 Å². The summed E-state index contributed by atoms with van der Waals surface area (Å²) in [6.45, 7) is 7.88. The minimum atomic E-state index is -0.782. The van der Waals surface area contributed by atoms with E-state index in [-0.39, 0.29) is 5.92 Å². The monoisotopic (exact) mass is 237 g/mol. The second-order valence-electron chi connectivity index (χ2n) is 4.51. The quantitative estimate of drug-likeness (QED) is 0.817. The molecule has 0 spiro atoms. The van der Waals surface area contributed by atoms with Gasteiger partial charge in [-0.15, -0.1) is 0 Å². The second kappa shape index (κ2) is 5.61. The van der Waals surface area contributed by atoms with E-state index in [1.807, 2.05) is 33.8 Å². The highest BCUT2D eigenvalue weighted by molar-refractivity contribution is 5.71. The Morgan fingerprint density at radius 1 is 1.41 bits per heavy atom. The van der Waals surface area contributed by atoms with Crippen molar-refractivity contribution in [3.05, 3.63) is 17.6 Å². The molecule has 0 aliphatic carbocycles. The number of aromatic nitrogens is 2. The number of aliphatic carboxylic acids is 1. The van der Waals surface area contributed by atoms with Gasteiger partial charge in [0.15, 0.2) is 0 Å². The van der Waals surface area contributed by atoms with Crippen molar-refractivity contribution in [3.8, 4) is 0 Å². The molecule has 1 atom stereocenters. The fourth-order valence-electron chi connectivity index (χ4n) is 1.63. The Kier molecular flexibility index (Phi) is 4.43. The normalized spacial score (nSPS) is 12.5. The standard InChI is InChI=1S/C12H19N3O2/c1-7(2)10(12(16)17)6-13-11-5-8(3)14-9(4)15-11/h5,7,10H,6H2,1-4H3,(H,16,17)(H,13,14,15). The van der Waals surface area contributed by atoms with Gasteiger partial charge in [-0.1, -0.05) is 13.8 Å². The molecule has 1 unspecified atom stereocenters. The van der Waals surface area contributed by atoms with Gasteiger partial charge in [-0.3, -0.25) is 4.79 Å². The van der Waals surface area contributed by atoms with Crippen molar-refractivity contribution < 1.29 is 9.90 Å². The number of rotatable bonds is 5. The second-order valence-corrected chi connectivity index (χ2v) is 4.51. The summed E-state index contributed by atoms with van der Waals surface area (Å²) in [6.07, 6.45) is 0. The molecule has 17 heavy (non-hydrogen) atoms. The van der Waals surface area contributed by atoms with Crippen LogP contribution in [0.4, 0.5) is 5.82 Å². The third-order valence-electron chi connectivity index (χ3n) is 2.59. The van der Waals surface area contributed by atoms with E-state index in [1.54, 1.807) is 0 Å². The van der Waals surface area contributed by atoms with Crippen molar-refractivity contribution in [1.29, 1.82) is 0 Å². The lowest BCUT2D eigenvalue weighted by atomic mass is 9.96. The topological polar surface area (TPSA) is 75.1 Å². The summed E-state index contributed by atoms with van der Waals surface area (Å²) in [6, 6.07) is 1.81. The molecule has 0 fully saturated rings. The molecule has 1 heterocycles. The van der Waals surface area contributed by atoms with E-state index in [0.717, 1.165) is 5.69 Å². The Morgan fingerprint density at radius 3 is 2.53 bits per heavy atom. The summed E-state index contributed by atoms with van der Waals surface area (Å²) in [7, 11) is 0. The SMILES string of the molecule is Cc1cc(NCC(C(=O)O)C(C)C)nc(C)n1. The molecule has 0 saturated carbocycles. The lowest BCUT2D eigenvalue weighted by Crippen LogP contribution is -2.27. The van der Waals surface area contributed by atoms with Crippen molar-refractivity contribution in [1.82, 2.24) is 9.97 Å². The van der Waals surface area contributed by atoms with Gasteiger partial charge in [0.25, 0.3) is 0 Å². The molecule has 1 aromatic heterocycles. The first kappa shape index (κ1) is 13.4. The smallest absolute Gasteiger partial charge is 0.308 e. The Labute approximate surface area is 101 Å². The van der Waals surface area contributed by atoms with E-state index < -0.39 is 11.9 Å². The fourth-order valence-corrected chi connectivity index (χ4v) is 1.63. The number of carboxylic acids is 1. The third-order valence-corrected chi connectivity index (χ3v) is 2.59. The Balaban J connectivity index is 2.68. The van der Waals surface area contributed by atoms with E-state index in [9.17, 15) is 4.79 Å². The van der Waals surface area contributed by atoms with Crippen molar-refractivity contribution in [2.45, 2.75) is 27.7 Å². The van der Waals surface area contributed by atoms with Gasteiger partial charge in [-0.25, -0.2) is 9.97 Å². The maximum atomic E-state index is 11.0. The van der Waals surface area contributed by atoms with Gasteiger partial charge in [-0.2, -0.15) is 0 Å². The number of hydrogen-bond acceptors (Lipinski definition) is 4. The summed E-state index contributed by atoms with van der Waals surface area (Å²) < 4.78 is 0. The highest BCUT2D eigenvalue weighted by Gasteiger charge is 2.21. The van der Waals surface area contributed by atoms with Crippen molar-refractivity contribution in [3.63, 3.8) is 0 Å². The summed E-state index contributed by atoms with van der Waals surface area (Å²) in [5, 5.41) is 12.1. The average Bonchev–Trinajstić information content (AvgIpc) is 2.14. The molecule has 0 aliphatic heterocycles. The first-order valence-electron chi connectivity index (χ1n) is 5.69. The predicted molar refractivity (Wildman–Crippen MR) is 66.0 cm³/mol. The highest BCUT2D eigenvalue weighted by Crippen LogP contribution is 2.13. The van der Waals surface area contributed by atoms with Crippen molar-refractivity contribution in [2.24, 2.45) is 11.8 Å². The van der Waals surface area contributed by atoms with E-state index >= 15 is 0 Å². The lowest BCUT2D eigenvalue weighted by molar-refractivity contribution is -0.142. The largest absolute Gasteiger partial charge is 0.481 e. The maximum Gasteiger partial charge on any atom is 0.308 e. The van der Waals surface area contributed by atoms with Crippen LogP contribution in [0.25, 0.3) is 0 Å².